The summed E-state index contributed by atoms with van der Waals surface area (Å²) in [6, 6.07) is 9.94. The molecule has 0 aliphatic heterocycles. The van der Waals surface area contributed by atoms with Gasteiger partial charge in [0, 0.05) is 17.1 Å². The second kappa shape index (κ2) is 7.52. The summed E-state index contributed by atoms with van der Waals surface area (Å²) in [5.41, 5.74) is 2.32. The Bertz CT molecular complexity index is 870. The van der Waals surface area contributed by atoms with Gasteiger partial charge in [-0.3, -0.25) is 14.8 Å². The maximum atomic E-state index is 12.2. The lowest BCUT2D eigenvalue weighted by atomic mass is 10.1. The highest BCUT2D eigenvalue weighted by atomic mass is 32.2. The molecule has 3 aromatic rings. The summed E-state index contributed by atoms with van der Waals surface area (Å²) in [5, 5.41) is 14.7. The zero-order valence-corrected chi connectivity index (χ0v) is 15.1. The summed E-state index contributed by atoms with van der Waals surface area (Å²) in [4.78, 5) is 13.4. The van der Waals surface area contributed by atoms with Crippen LogP contribution in [-0.2, 0) is 13.0 Å². The summed E-state index contributed by atoms with van der Waals surface area (Å²) in [6.07, 6.45) is 2.55. The maximum absolute atomic E-state index is 12.2. The Balaban J connectivity index is 1.65. The lowest BCUT2D eigenvalue weighted by Crippen LogP contribution is -2.13. The number of nitrogens with one attached hydrogen (secondary N) is 1. The number of carbonyl (C=O) groups is 1. The number of nitrogens with zero attached hydrogens (tertiary/aromatic N) is 4. The fourth-order valence-corrected chi connectivity index (χ4v) is 2.80. The van der Waals surface area contributed by atoms with Crippen molar-refractivity contribution in [2.45, 2.75) is 31.7 Å². The zero-order valence-electron chi connectivity index (χ0n) is 14.3. The van der Waals surface area contributed by atoms with Crippen LogP contribution in [-0.4, -0.2) is 32.1 Å². The minimum absolute atomic E-state index is 0.0736. The van der Waals surface area contributed by atoms with Gasteiger partial charge in [0.25, 0.3) is 5.91 Å². The molecule has 1 aromatic carbocycles. The molecule has 0 bridgehead atoms. The minimum atomic E-state index is -0.366. The van der Waals surface area contributed by atoms with E-state index in [0.717, 1.165) is 11.3 Å². The first-order chi connectivity index (χ1) is 12.1. The third-order valence-electron chi connectivity index (χ3n) is 3.72. The molecule has 1 amide bonds. The third kappa shape index (κ3) is 4.08. The largest absolute Gasteiger partial charge is 0.407 e. The van der Waals surface area contributed by atoms with Crippen molar-refractivity contribution in [1.29, 1.82) is 0 Å². The molecule has 0 atom stereocenters. The standard InChI is InChI=1S/C17H19N5O2S/c1-4-22-11(2)9-14(21-22)16(23)18-17-20-19-15(24-17)10-12-5-7-13(25-3)8-6-12/h5-9H,4,10H2,1-3H3,(H,18,20,23). The fourth-order valence-electron chi connectivity index (χ4n) is 2.40. The van der Waals surface area contributed by atoms with Gasteiger partial charge in [0.1, 0.15) is 0 Å². The van der Waals surface area contributed by atoms with Crippen molar-refractivity contribution < 1.29 is 9.21 Å². The van der Waals surface area contributed by atoms with Crippen LogP contribution in [0.2, 0.25) is 0 Å². The molecule has 2 heterocycles. The first-order valence-corrected chi connectivity index (χ1v) is 9.12. The van der Waals surface area contributed by atoms with Gasteiger partial charge in [-0.15, -0.1) is 16.9 Å². The number of amides is 1. The van der Waals surface area contributed by atoms with Gasteiger partial charge in [-0.25, -0.2) is 0 Å². The van der Waals surface area contributed by atoms with E-state index in [-0.39, 0.29) is 11.9 Å². The SMILES string of the molecule is CCn1nc(C(=O)Nc2nnc(Cc3ccc(SC)cc3)o2)cc1C. The van der Waals surface area contributed by atoms with Gasteiger partial charge in [-0.05, 0) is 43.9 Å². The van der Waals surface area contributed by atoms with E-state index in [1.54, 1.807) is 22.5 Å². The highest BCUT2D eigenvalue weighted by Gasteiger charge is 2.15. The van der Waals surface area contributed by atoms with E-state index in [4.69, 9.17) is 4.42 Å². The number of benzene rings is 1. The zero-order chi connectivity index (χ0) is 17.8. The van der Waals surface area contributed by atoms with Crippen molar-refractivity contribution in [3.05, 3.63) is 53.2 Å². The summed E-state index contributed by atoms with van der Waals surface area (Å²) < 4.78 is 7.26. The Hall–Kier alpha value is -2.61. The summed E-state index contributed by atoms with van der Waals surface area (Å²) in [6.45, 7) is 4.58. The lowest BCUT2D eigenvalue weighted by Gasteiger charge is -1.99. The summed E-state index contributed by atoms with van der Waals surface area (Å²) in [5.74, 6) is 0.0808. The van der Waals surface area contributed by atoms with Crippen molar-refractivity contribution in [2.24, 2.45) is 0 Å². The van der Waals surface area contributed by atoms with Crippen LogP contribution in [0.25, 0.3) is 0 Å². The molecule has 0 unspecified atom stereocenters. The Kier molecular flexibility index (Phi) is 5.18. The molecule has 0 spiro atoms. The highest BCUT2D eigenvalue weighted by molar-refractivity contribution is 7.98. The molecular weight excluding hydrogens is 338 g/mol. The summed E-state index contributed by atoms with van der Waals surface area (Å²) in [7, 11) is 0. The van der Waals surface area contributed by atoms with Crippen LogP contribution in [0, 0.1) is 6.92 Å². The van der Waals surface area contributed by atoms with Crippen LogP contribution in [0.4, 0.5) is 6.01 Å². The normalized spacial score (nSPS) is 10.8. The van der Waals surface area contributed by atoms with Gasteiger partial charge in [0.05, 0.1) is 6.42 Å². The van der Waals surface area contributed by atoms with E-state index in [9.17, 15) is 4.79 Å². The predicted octanol–water partition coefficient (Wildman–Crippen LogP) is 3.16. The fraction of sp³-hybridized carbons (Fsp3) is 0.294. The van der Waals surface area contributed by atoms with Gasteiger partial charge in [0.15, 0.2) is 5.69 Å². The quantitative estimate of drug-likeness (QED) is 0.682. The first-order valence-electron chi connectivity index (χ1n) is 7.90. The van der Waals surface area contributed by atoms with Gasteiger partial charge in [-0.2, -0.15) is 5.10 Å². The van der Waals surface area contributed by atoms with E-state index >= 15 is 0 Å². The van der Waals surface area contributed by atoms with Crippen LogP contribution < -0.4 is 5.32 Å². The molecule has 1 N–H and O–H groups in total. The van der Waals surface area contributed by atoms with E-state index in [1.807, 2.05) is 44.4 Å². The monoisotopic (exact) mass is 357 g/mol. The topological polar surface area (TPSA) is 85.8 Å². The molecule has 25 heavy (non-hydrogen) atoms. The average Bonchev–Trinajstić information content (AvgIpc) is 3.21. The Labute approximate surface area is 149 Å². The van der Waals surface area contributed by atoms with E-state index in [0.29, 0.717) is 24.6 Å². The summed E-state index contributed by atoms with van der Waals surface area (Å²) >= 11 is 1.69. The van der Waals surface area contributed by atoms with Crippen molar-refractivity contribution >= 4 is 23.7 Å². The average molecular weight is 357 g/mol. The number of aromatic nitrogens is 4. The van der Waals surface area contributed by atoms with E-state index in [1.165, 1.54) is 4.90 Å². The molecule has 0 saturated carbocycles. The van der Waals surface area contributed by atoms with Crippen LogP contribution in [0.1, 0.15) is 34.6 Å². The molecule has 8 heteroatoms. The molecule has 0 fully saturated rings. The maximum Gasteiger partial charge on any atom is 0.322 e. The van der Waals surface area contributed by atoms with Gasteiger partial charge in [0.2, 0.25) is 5.89 Å². The van der Waals surface area contributed by atoms with Gasteiger partial charge >= 0.3 is 6.01 Å². The smallest absolute Gasteiger partial charge is 0.322 e. The van der Waals surface area contributed by atoms with Crippen LogP contribution in [0.15, 0.2) is 39.6 Å². The number of hydrogen-bond donors (Lipinski definition) is 1. The van der Waals surface area contributed by atoms with E-state index < -0.39 is 0 Å². The molecule has 0 radical (unpaired) electrons. The van der Waals surface area contributed by atoms with Crippen molar-refractivity contribution in [3.8, 4) is 0 Å². The van der Waals surface area contributed by atoms with Crippen molar-refractivity contribution in [1.82, 2.24) is 20.0 Å². The molecule has 0 aliphatic rings. The number of anilines is 1. The van der Waals surface area contributed by atoms with Crippen LogP contribution in [0.5, 0.6) is 0 Å². The molecule has 0 aliphatic carbocycles. The van der Waals surface area contributed by atoms with Crippen molar-refractivity contribution in [3.63, 3.8) is 0 Å². The number of thioether (sulfide) groups is 1. The third-order valence-corrected chi connectivity index (χ3v) is 4.46. The number of hydrogen-bond acceptors (Lipinski definition) is 6. The highest BCUT2D eigenvalue weighted by Crippen LogP contribution is 2.17. The molecule has 130 valence electrons. The Morgan fingerprint density at radius 3 is 2.68 bits per heavy atom. The lowest BCUT2D eigenvalue weighted by molar-refractivity contribution is 0.101. The van der Waals surface area contributed by atoms with Crippen molar-refractivity contribution in [2.75, 3.05) is 11.6 Å². The van der Waals surface area contributed by atoms with E-state index in [2.05, 4.69) is 20.6 Å². The van der Waals surface area contributed by atoms with Crippen LogP contribution in [0.3, 0.4) is 0 Å². The van der Waals surface area contributed by atoms with Crippen LogP contribution >= 0.6 is 11.8 Å². The number of carbonyl (C=O) groups excluding carboxylic acids is 1. The second-order valence-corrected chi connectivity index (χ2v) is 6.35. The first kappa shape index (κ1) is 17.2. The Morgan fingerprint density at radius 1 is 1.28 bits per heavy atom. The molecule has 2 aromatic heterocycles. The predicted molar refractivity (Wildman–Crippen MR) is 95.9 cm³/mol. The minimum Gasteiger partial charge on any atom is -0.407 e. The molecule has 7 nitrogen and oxygen atoms in total. The Morgan fingerprint density at radius 2 is 2.04 bits per heavy atom. The molecule has 0 saturated heterocycles. The second-order valence-electron chi connectivity index (χ2n) is 5.47. The number of rotatable bonds is 6. The molecule has 3 rings (SSSR count). The number of aryl methyl sites for hydroxylation is 2. The van der Waals surface area contributed by atoms with Gasteiger partial charge < -0.3 is 4.42 Å². The molecular formula is C17H19N5O2S. The van der Waals surface area contributed by atoms with Gasteiger partial charge in [-0.1, -0.05) is 17.2 Å².